The number of benzene rings is 2. The second-order valence-corrected chi connectivity index (χ2v) is 6.46. The Bertz CT molecular complexity index is 892. The highest BCUT2D eigenvalue weighted by atomic mass is 35.5. The predicted octanol–water partition coefficient (Wildman–Crippen LogP) is 5.34. The van der Waals surface area contributed by atoms with Gasteiger partial charge >= 0.3 is 0 Å². The lowest BCUT2D eigenvalue weighted by atomic mass is 10.1. The third-order valence-electron chi connectivity index (χ3n) is 3.65. The van der Waals surface area contributed by atoms with E-state index in [9.17, 15) is 4.79 Å². The van der Waals surface area contributed by atoms with Gasteiger partial charge in [0.05, 0.1) is 5.56 Å². The molecule has 0 saturated carbocycles. The van der Waals surface area contributed by atoms with Gasteiger partial charge in [0.25, 0.3) is 5.91 Å². The number of anilines is 3. The van der Waals surface area contributed by atoms with Gasteiger partial charge in [-0.2, -0.15) is 0 Å². The average Bonchev–Trinajstić information content (AvgIpc) is 2.62. The number of carbonyl (C=O) groups excluding carboxylic acids is 1. The van der Waals surface area contributed by atoms with Gasteiger partial charge in [0.1, 0.15) is 0 Å². The van der Waals surface area contributed by atoms with Gasteiger partial charge in [0.15, 0.2) is 0 Å². The van der Waals surface area contributed by atoms with Crippen molar-refractivity contribution in [3.05, 3.63) is 76.0 Å². The fraction of sp³-hybridized carbons (Fsp3) is 0.105. The Morgan fingerprint density at radius 1 is 0.962 bits per heavy atom. The number of hydrogen-bond donors (Lipinski definition) is 2. The summed E-state index contributed by atoms with van der Waals surface area (Å²) >= 11 is 11.9. The summed E-state index contributed by atoms with van der Waals surface area (Å²) in [6.07, 6.45) is 3.86. The Morgan fingerprint density at radius 2 is 1.58 bits per heavy atom. The van der Waals surface area contributed by atoms with Crippen molar-refractivity contribution < 1.29 is 4.79 Å². The third-order valence-corrected chi connectivity index (χ3v) is 4.09. The van der Waals surface area contributed by atoms with Crippen LogP contribution in [0.4, 0.5) is 17.3 Å². The summed E-state index contributed by atoms with van der Waals surface area (Å²) in [6, 6.07) is 12.8. The number of nitrogens with zero attached hydrogens (tertiary/aromatic N) is 2. The number of hydrogen-bond acceptors (Lipinski definition) is 4. The van der Waals surface area contributed by atoms with E-state index in [0.717, 1.165) is 12.1 Å². The number of carbonyl (C=O) groups is 1. The zero-order chi connectivity index (χ0) is 18.5. The van der Waals surface area contributed by atoms with Crippen molar-refractivity contribution in [1.82, 2.24) is 9.97 Å². The van der Waals surface area contributed by atoms with Crippen LogP contribution in [0.15, 0.2) is 54.9 Å². The van der Waals surface area contributed by atoms with Crippen molar-refractivity contribution in [2.45, 2.75) is 13.3 Å². The highest BCUT2D eigenvalue weighted by Crippen LogP contribution is 2.24. The molecule has 3 aromatic rings. The molecule has 0 spiro atoms. The highest BCUT2D eigenvalue weighted by molar-refractivity contribution is 6.35. The maximum Gasteiger partial charge on any atom is 0.258 e. The molecular formula is C19H16Cl2N4O. The lowest BCUT2D eigenvalue weighted by Gasteiger charge is -2.08. The summed E-state index contributed by atoms with van der Waals surface area (Å²) in [5.41, 5.74) is 2.96. The van der Waals surface area contributed by atoms with E-state index in [0.29, 0.717) is 27.2 Å². The fourth-order valence-electron chi connectivity index (χ4n) is 2.29. The quantitative estimate of drug-likeness (QED) is 0.620. The minimum absolute atomic E-state index is 0.272. The van der Waals surface area contributed by atoms with Crippen LogP contribution in [0.5, 0.6) is 0 Å². The van der Waals surface area contributed by atoms with Crippen LogP contribution in [-0.4, -0.2) is 15.9 Å². The molecule has 3 rings (SSSR count). The first-order valence-electron chi connectivity index (χ1n) is 7.99. The monoisotopic (exact) mass is 386 g/mol. The number of rotatable bonds is 5. The lowest BCUT2D eigenvalue weighted by Crippen LogP contribution is -2.13. The number of amides is 1. The molecule has 2 aromatic carbocycles. The summed E-state index contributed by atoms with van der Waals surface area (Å²) in [5.74, 6) is 0.0683. The van der Waals surface area contributed by atoms with Crippen LogP contribution in [0.1, 0.15) is 22.8 Å². The van der Waals surface area contributed by atoms with Crippen LogP contribution in [0.3, 0.4) is 0 Å². The van der Waals surface area contributed by atoms with Crippen LogP contribution < -0.4 is 10.6 Å². The normalized spacial score (nSPS) is 10.4. The number of halogens is 2. The molecule has 26 heavy (non-hydrogen) atoms. The molecule has 1 aromatic heterocycles. The minimum atomic E-state index is -0.272. The SMILES string of the molecule is CCc1ccc(NC(=O)c2cnc(Nc3cc(Cl)cc(Cl)c3)nc2)cc1. The Hall–Kier alpha value is -2.63. The van der Waals surface area contributed by atoms with Gasteiger partial charge in [-0.15, -0.1) is 0 Å². The van der Waals surface area contributed by atoms with Gasteiger partial charge in [-0.05, 0) is 42.3 Å². The molecule has 0 aliphatic carbocycles. The van der Waals surface area contributed by atoms with Gasteiger partial charge in [0, 0.05) is 33.8 Å². The zero-order valence-corrected chi connectivity index (χ0v) is 15.5. The minimum Gasteiger partial charge on any atom is -0.324 e. The molecule has 0 atom stereocenters. The van der Waals surface area contributed by atoms with Crippen LogP contribution in [-0.2, 0) is 6.42 Å². The van der Waals surface area contributed by atoms with Crippen molar-refractivity contribution in [2.75, 3.05) is 10.6 Å². The zero-order valence-electron chi connectivity index (χ0n) is 14.0. The molecule has 0 aliphatic heterocycles. The maximum absolute atomic E-state index is 12.3. The summed E-state index contributed by atoms with van der Waals surface area (Å²) in [6.45, 7) is 2.08. The number of aryl methyl sites for hydroxylation is 1. The van der Waals surface area contributed by atoms with E-state index in [1.54, 1.807) is 18.2 Å². The molecule has 7 heteroatoms. The van der Waals surface area contributed by atoms with Crippen LogP contribution in [0.2, 0.25) is 10.0 Å². The van der Waals surface area contributed by atoms with E-state index in [4.69, 9.17) is 23.2 Å². The number of aromatic nitrogens is 2. The summed E-state index contributed by atoms with van der Waals surface area (Å²) < 4.78 is 0. The van der Waals surface area contributed by atoms with Gasteiger partial charge in [-0.3, -0.25) is 4.79 Å². The predicted molar refractivity (Wildman–Crippen MR) is 106 cm³/mol. The lowest BCUT2D eigenvalue weighted by molar-refractivity contribution is 0.102. The molecule has 132 valence electrons. The van der Waals surface area contributed by atoms with Crippen LogP contribution >= 0.6 is 23.2 Å². The standard InChI is InChI=1S/C19H16Cl2N4O/c1-2-12-3-5-16(6-4-12)24-18(26)13-10-22-19(23-11-13)25-17-8-14(20)7-15(21)9-17/h3-11H,2H2,1H3,(H,24,26)(H,22,23,25). The van der Waals surface area contributed by atoms with Gasteiger partial charge in [-0.25, -0.2) is 9.97 Å². The summed E-state index contributed by atoms with van der Waals surface area (Å²) in [4.78, 5) is 20.6. The van der Waals surface area contributed by atoms with Gasteiger partial charge in [-0.1, -0.05) is 42.3 Å². The fourth-order valence-corrected chi connectivity index (χ4v) is 2.82. The molecule has 5 nitrogen and oxygen atoms in total. The van der Waals surface area contributed by atoms with Crippen molar-refractivity contribution in [3.63, 3.8) is 0 Å². The Morgan fingerprint density at radius 3 is 2.15 bits per heavy atom. The third kappa shape index (κ3) is 4.71. The second-order valence-electron chi connectivity index (χ2n) is 5.58. The van der Waals surface area contributed by atoms with Gasteiger partial charge < -0.3 is 10.6 Å². The molecule has 0 bridgehead atoms. The van der Waals surface area contributed by atoms with E-state index >= 15 is 0 Å². The first-order valence-corrected chi connectivity index (χ1v) is 8.74. The molecule has 0 aliphatic rings. The topological polar surface area (TPSA) is 66.9 Å². The molecule has 2 N–H and O–H groups in total. The molecule has 0 radical (unpaired) electrons. The van der Waals surface area contributed by atoms with Gasteiger partial charge in [0.2, 0.25) is 5.95 Å². The van der Waals surface area contributed by atoms with Crippen LogP contribution in [0, 0.1) is 0 Å². The van der Waals surface area contributed by atoms with E-state index in [2.05, 4.69) is 27.5 Å². The van der Waals surface area contributed by atoms with Crippen molar-refractivity contribution >= 4 is 46.4 Å². The van der Waals surface area contributed by atoms with E-state index in [-0.39, 0.29) is 5.91 Å². The summed E-state index contributed by atoms with van der Waals surface area (Å²) in [5, 5.41) is 6.82. The molecule has 1 amide bonds. The number of nitrogens with one attached hydrogen (secondary N) is 2. The average molecular weight is 387 g/mol. The van der Waals surface area contributed by atoms with Crippen molar-refractivity contribution in [2.24, 2.45) is 0 Å². The first kappa shape index (κ1) is 18.2. The smallest absolute Gasteiger partial charge is 0.258 e. The Kier molecular flexibility index (Phi) is 5.71. The van der Waals surface area contributed by atoms with E-state index in [1.165, 1.54) is 18.0 Å². The molecule has 0 unspecified atom stereocenters. The molecule has 0 saturated heterocycles. The van der Waals surface area contributed by atoms with E-state index in [1.807, 2.05) is 24.3 Å². The Labute approximate surface area is 161 Å². The van der Waals surface area contributed by atoms with E-state index < -0.39 is 0 Å². The summed E-state index contributed by atoms with van der Waals surface area (Å²) in [7, 11) is 0. The molecular weight excluding hydrogens is 371 g/mol. The second kappa shape index (κ2) is 8.17. The largest absolute Gasteiger partial charge is 0.324 e. The van der Waals surface area contributed by atoms with Crippen molar-refractivity contribution in [1.29, 1.82) is 0 Å². The van der Waals surface area contributed by atoms with Crippen molar-refractivity contribution in [3.8, 4) is 0 Å². The molecule has 0 fully saturated rings. The first-order chi connectivity index (χ1) is 12.5. The Balaban J connectivity index is 1.67. The van der Waals surface area contributed by atoms with Crippen LogP contribution in [0.25, 0.3) is 0 Å². The maximum atomic E-state index is 12.3. The highest BCUT2D eigenvalue weighted by Gasteiger charge is 2.08. The molecule has 1 heterocycles.